The maximum atomic E-state index is 11.1. The highest BCUT2D eigenvalue weighted by Gasteiger charge is 2.23. The zero-order valence-corrected chi connectivity index (χ0v) is 29.5. The molecule has 0 aliphatic heterocycles. The SMILES string of the molecule is N#Cc1c(-c2cccc(-n3c4ccccc4c4cccc(C#N)c43)c2)cccc1-n1c2ccccc2c2cccc(-n3c4ccccc4c4ccccc43)c21. The van der Waals surface area contributed by atoms with Gasteiger partial charge in [0.05, 0.1) is 55.6 Å². The van der Waals surface area contributed by atoms with Gasteiger partial charge in [0.2, 0.25) is 0 Å². The fourth-order valence-electron chi connectivity index (χ4n) is 8.89. The van der Waals surface area contributed by atoms with Gasteiger partial charge in [-0.05, 0) is 60.2 Å². The molecular formula is C50H29N5. The predicted molar refractivity (Wildman–Crippen MR) is 224 cm³/mol. The first kappa shape index (κ1) is 30.7. The largest absolute Gasteiger partial charge is 0.308 e. The Bertz CT molecular complexity index is 3420. The molecule has 254 valence electrons. The average molecular weight is 700 g/mol. The maximum absolute atomic E-state index is 11.1. The number of hydrogen-bond acceptors (Lipinski definition) is 2. The van der Waals surface area contributed by atoms with Crippen molar-refractivity contribution in [2.75, 3.05) is 0 Å². The molecule has 0 fully saturated rings. The Kier molecular flexibility index (Phi) is 6.61. The number of nitriles is 2. The Balaban J connectivity index is 1.19. The van der Waals surface area contributed by atoms with Gasteiger partial charge < -0.3 is 13.7 Å². The third-order valence-corrected chi connectivity index (χ3v) is 11.1. The fraction of sp³-hybridized carbons (Fsp3) is 0. The van der Waals surface area contributed by atoms with Crippen molar-refractivity contribution >= 4 is 65.4 Å². The average Bonchev–Trinajstić information content (AvgIpc) is 3.89. The highest BCUT2D eigenvalue weighted by molar-refractivity contribution is 6.15. The molecule has 0 bridgehead atoms. The molecule has 11 aromatic rings. The zero-order valence-electron chi connectivity index (χ0n) is 29.5. The lowest BCUT2D eigenvalue weighted by atomic mass is 9.98. The van der Waals surface area contributed by atoms with E-state index in [4.69, 9.17) is 0 Å². The highest BCUT2D eigenvalue weighted by Crippen LogP contribution is 2.42. The van der Waals surface area contributed by atoms with Gasteiger partial charge in [-0.15, -0.1) is 0 Å². The van der Waals surface area contributed by atoms with Gasteiger partial charge in [-0.1, -0.05) is 121 Å². The second-order valence-corrected chi connectivity index (χ2v) is 13.9. The molecule has 0 atom stereocenters. The molecule has 5 nitrogen and oxygen atoms in total. The van der Waals surface area contributed by atoms with Gasteiger partial charge >= 0.3 is 0 Å². The third-order valence-electron chi connectivity index (χ3n) is 11.1. The van der Waals surface area contributed by atoms with Crippen LogP contribution >= 0.6 is 0 Å². The van der Waals surface area contributed by atoms with Crippen LogP contribution in [0.5, 0.6) is 0 Å². The first-order valence-corrected chi connectivity index (χ1v) is 18.3. The second kappa shape index (κ2) is 11.8. The molecule has 3 aromatic heterocycles. The Hall–Kier alpha value is -7.86. The molecule has 0 amide bonds. The lowest BCUT2D eigenvalue weighted by Crippen LogP contribution is -2.03. The molecular weight excluding hydrogens is 671 g/mol. The van der Waals surface area contributed by atoms with Gasteiger partial charge in [0, 0.05) is 43.6 Å². The summed E-state index contributed by atoms with van der Waals surface area (Å²) >= 11 is 0. The van der Waals surface area contributed by atoms with Gasteiger partial charge in [-0.2, -0.15) is 10.5 Å². The molecule has 0 aliphatic rings. The number of nitrogens with zero attached hydrogens (tertiary/aromatic N) is 5. The van der Waals surface area contributed by atoms with Crippen LogP contribution in [0.25, 0.3) is 93.6 Å². The van der Waals surface area contributed by atoms with E-state index in [9.17, 15) is 10.5 Å². The monoisotopic (exact) mass is 699 g/mol. The van der Waals surface area contributed by atoms with Crippen LogP contribution in [0.1, 0.15) is 11.1 Å². The third kappa shape index (κ3) is 4.33. The molecule has 0 radical (unpaired) electrons. The summed E-state index contributed by atoms with van der Waals surface area (Å²) in [6.45, 7) is 0. The van der Waals surface area contributed by atoms with Gasteiger partial charge in [0.1, 0.15) is 12.1 Å². The molecule has 0 saturated carbocycles. The number of hydrogen-bond donors (Lipinski definition) is 0. The van der Waals surface area contributed by atoms with Gasteiger partial charge in [0.15, 0.2) is 0 Å². The van der Waals surface area contributed by atoms with Crippen LogP contribution in [0.4, 0.5) is 0 Å². The van der Waals surface area contributed by atoms with E-state index in [0.717, 1.165) is 82.8 Å². The van der Waals surface area contributed by atoms with E-state index >= 15 is 0 Å². The second-order valence-electron chi connectivity index (χ2n) is 13.9. The van der Waals surface area contributed by atoms with Crippen LogP contribution in [-0.4, -0.2) is 13.7 Å². The van der Waals surface area contributed by atoms with Gasteiger partial charge in [0.25, 0.3) is 0 Å². The summed E-state index contributed by atoms with van der Waals surface area (Å²) in [7, 11) is 0. The van der Waals surface area contributed by atoms with Crippen molar-refractivity contribution in [2.24, 2.45) is 0 Å². The normalized spacial score (nSPS) is 11.6. The minimum atomic E-state index is 0.583. The molecule has 0 aliphatic carbocycles. The number of rotatable bonds is 4. The summed E-state index contributed by atoms with van der Waals surface area (Å²) in [5, 5.41) is 28.1. The molecule has 8 aromatic carbocycles. The van der Waals surface area contributed by atoms with Crippen molar-refractivity contribution in [3.05, 3.63) is 187 Å². The maximum Gasteiger partial charge on any atom is 0.102 e. The van der Waals surface area contributed by atoms with Crippen molar-refractivity contribution in [1.29, 1.82) is 10.5 Å². The van der Waals surface area contributed by atoms with E-state index < -0.39 is 0 Å². The standard InChI is InChI=1S/C50H29N5/c51-30-33-14-10-21-40-38-18-3-5-23-43(38)53(49(33)40)34-15-9-13-32(29-34)35-20-11-27-47(42(35)31-52)55-46-26-8-4-19-39(46)41-22-12-28-48(50(41)55)54-44-24-6-1-16-36(44)37-17-2-7-25-45(37)54/h1-29H. The Morgan fingerprint density at radius 3 is 1.49 bits per heavy atom. The number of benzene rings is 8. The smallest absolute Gasteiger partial charge is 0.102 e. The van der Waals surface area contributed by atoms with E-state index in [-0.39, 0.29) is 0 Å². The van der Waals surface area contributed by atoms with E-state index in [1.54, 1.807) is 0 Å². The molecule has 0 saturated heterocycles. The summed E-state index contributed by atoms with van der Waals surface area (Å²) in [5.41, 5.74) is 11.9. The van der Waals surface area contributed by atoms with E-state index in [1.807, 2.05) is 36.4 Å². The Labute approximate surface area is 316 Å². The van der Waals surface area contributed by atoms with Crippen molar-refractivity contribution in [3.8, 4) is 40.3 Å². The number of fused-ring (bicyclic) bond motifs is 9. The molecule has 55 heavy (non-hydrogen) atoms. The summed E-state index contributed by atoms with van der Waals surface area (Å²) in [6.07, 6.45) is 0. The molecule has 0 unspecified atom stereocenters. The van der Waals surface area contributed by atoms with Crippen LogP contribution in [0, 0.1) is 22.7 Å². The van der Waals surface area contributed by atoms with Gasteiger partial charge in [-0.25, -0.2) is 0 Å². The number of aromatic nitrogens is 3. The van der Waals surface area contributed by atoms with E-state index in [2.05, 4.69) is 165 Å². The lowest BCUT2D eigenvalue weighted by molar-refractivity contribution is 1.12. The molecule has 3 heterocycles. The zero-order chi connectivity index (χ0) is 36.6. The minimum absolute atomic E-state index is 0.583. The van der Waals surface area contributed by atoms with Crippen molar-refractivity contribution in [1.82, 2.24) is 13.7 Å². The first-order chi connectivity index (χ1) is 27.2. The van der Waals surface area contributed by atoms with Crippen LogP contribution in [-0.2, 0) is 0 Å². The van der Waals surface area contributed by atoms with Crippen molar-refractivity contribution < 1.29 is 0 Å². The first-order valence-electron chi connectivity index (χ1n) is 18.3. The van der Waals surface area contributed by atoms with E-state index in [0.29, 0.717) is 11.1 Å². The summed E-state index contributed by atoms with van der Waals surface area (Å²) in [5.74, 6) is 0. The van der Waals surface area contributed by atoms with Crippen LogP contribution in [0.2, 0.25) is 0 Å². The number of para-hydroxylation sites is 6. The Morgan fingerprint density at radius 2 is 0.855 bits per heavy atom. The fourth-order valence-corrected chi connectivity index (χ4v) is 8.89. The van der Waals surface area contributed by atoms with Crippen molar-refractivity contribution in [3.63, 3.8) is 0 Å². The molecule has 0 spiro atoms. The van der Waals surface area contributed by atoms with Crippen LogP contribution < -0.4 is 0 Å². The molecule has 5 heteroatoms. The Morgan fingerprint density at radius 1 is 0.364 bits per heavy atom. The van der Waals surface area contributed by atoms with E-state index in [1.165, 1.54) is 10.8 Å². The summed E-state index contributed by atoms with van der Waals surface area (Å²) < 4.78 is 6.82. The topological polar surface area (TPSA) is 62.4 Å². The van der Waals surface area contributed by atoms with Gasteiger partial charge in [-0.3, -0.25) is 0 Å². The van der Waals surface area contributed by atoms with Crippen molar-refractivity contribution in [2.45, 2.75) is 0 Å². The van der Waals surface area contributed by atoms with Crippen LogP contribution in [0.3, 0.4) is 0 Å². The lowest BCUT2D eigenvalue weighted by Gasteiger charge is -2.17. The molecule has 11 rings (SSSR count). The highest BCUT2D eigenvalue weighted by atomic mass is 15.1. The molecule has 0 N–H and O–H groups in total. The van der Waals surface area contributed by atoms with Crippen LogP contribution in [0.15, 0.2) is 176 Å². The summed E-state index contributed by atoms with van der Waals surface area (Å²) in [4.78, 5) is 0. The predicted octanol–water partition coefficient (Wildman–Crippen LogP) is 12.4. The summed E-state index contributed by atoms with van der Waals surface area (Å²) in [6, 6.07) is 65.8. The minimum Gasteiger partial charge on any atom is -0.308 e. The quantitative estimate of drug-likeness (QED) is 0.184.